The lowest BCUT2D eigenvalue weighted by atomic mass is 10.1. The molecular formula is C11H9F4NO5S. The molecular weight excluding hydrogens is 334 g/mol. The number of carbonyl (C=O) groups is 1. The lowest BCUT2D eigenvalue weighted by Gasteiger charge is -2.36. The van der Waals surface area contributed by atoms with Crippen LogP contribution in [-0.4, -0.2) is 42.7 Å². The normalized spacial score (nSPS) is 19.5. The number of halogens is 4. The van der Waals surface area contributed by atoms with Crippen molar-refractivity contribution in [2.75, 3.05) is 6.54 Å². The van der Waals surface area contributed by atoms with Crippen LogP contribution in [0.15, 0.2) is 23.1 Å². The molecule has 0 radical (unpaired) electrons. The highest BCUT2D eigenvalue weighted by molar-refractivity contribution is 7.89. The van der Waals surface area contributed by atoms with E-state index in [0.717, 1.165) is 6.07 Å². The van der Waals surface area contributed by atoms with E-state index in [1.165, 1.54) is 0 Å². The standard InChI is InChI=1S/C11H9F4NO5S/c12-6-2-1-3-8(21-11(13,14)15)9(6)22(19,20)16-5-4-7(16)10(17)18/h1-3,7H,4-5H2,(H,17,18). The number of carboxylic acid groups (broad SMARTS) is 1. The molecule has 1 unspecified atom stereocenters. The molecule has 6 nitrogen and oxygen atoms in total. The van der Waals surface area contributed by atoms with Crippen LogP contribution < -0.4 is 4.74 Å². The molecule has 1 aromatic carbocycles. The first-order chi connectivity index (χ1) is 10.0. The molecule has 1 atom stereocenters. The number of carboxylic acids is 1. The molecule has 0 bridgehead atoms. The minimum atomic E-state index is -5.22. The van der Waals surface area contributed by atoms with Crippen LogP contribution in [0.25, 0.3) is 0 Å². The summed E-state index contributed by atoms with van der Waals surface area (Å²) in [7, 11) is -4.78. The van der Waals surface area contributed by atoms with Gasteiger partial charge < -0.3 is 9.84 Å². The number of rotatable bonds is 4. The van der Waals surface area contributed by atoms with Gasteiger partial charge in [-0.3, -0.25) is 4.79 Å². The molecule has 0 spiro atoms. The zero-order chi connectivity index (χ0) is 16.7. The molecule has 0 saturated carbocycles. The van der Waals surface area contributed by atoms with Gasteiger partial charge in [0.2, 0.25) is 0 Å². The maximum atomic E-state index is 13.8. The number of nitrogens with zero attached hydrogens (tertiary/aromatic N) is 1. The van der Waals surface area contributed by atoms with Crippen molar-refractivity contribution in [3.63, 3.8) is 0 Å². The fourth-order valence-corrected chi connectivity index (χ4v) is 3.75. The molecule has 0 aromatic heterocycles. The van der Waals surface area contributed by atoms with Crippen molar-refractivity contribution in [1.29, 1.82) is 0 Å². The summed E-state index contributed by atoms with van der Waals surface area (Å²) in [5, 5.41) is 8.83. The van der Waals surface area contributed by atoms with Gasteiger partial charge in [-0.15, -0.1) is 13.2 Å². The van der Waals surface area contributed by atoms with Crippen molar-refractivity contribution in [3.05, 3.63) is 24.0 Å². The average Bonchev–Trinajstić information content (AvgIpc) is 2.22. The largest absolute Gasteiger partial charge is 0.573 e. The van der Waals surface area contributed by atoms with E-state index in [2.05, 4.69) is 4.74 Å². The molecule has 0 amide bonds. The minimum absolute atomic E-state index is 0.0154. The Kier molecular flexibility index (Phi) is 4.04. The SMILES string of the molecule is O=C(O)C1CCN1S(=O)(=O)c1c(F)cccc1OC(F)(F)F. The van der Waals surface area contributed by atoms with Crippen LogP contribution >= 0.6 is 0 Å². The Morgan fingerprint density at radius 1 is 1.36 bits per heavy atom. The molecule has 0 aliphatic carbocycles. The highest BCUT2D eigenvalue weighted by Gasteiger charge is 2.46. The molecule has 122 valence electrons. The zero-order valence-electron chi connectivity index (χ0n) is 10.7. The van der Waals surface area contributed by atoms with E-state index in [1.54, 1.807) is 0 Å². The van der Waals surface area contributed by atoms with Crippen molar-refractivity contribution in [3.8, 4) is 5.75 Å². The molecule has 1 aliphatic rings. The smallest absolute Gasteiger partial charge is 0.480 e. The molecule has 1 fully saturated rings. The first-order valence-electron chi connectivity index (χ1n) is 5.83. The molecule has 1 N–H and O–H groups in total. The van der Waals surface area contributed by atoms with E-state index >= 15 is 0 Å². The van der Waals surface area contributed by atoms with Crippen molar-refractivity contribution < 1.29 is 40.6 Å². The van der Waals surface area contributed by atoms with Gasteiger partial charge in [0.25, 0.3) is 10.0 Å². The second-order valence-corrected chi connectivity index (χ2v) is 6.20. The van der Waals surface area contributed by atoms with Gasteiger partial charge in [-0.25, -0.2) is 12.8 Å². The number of hydrogen-bond acceptors (Lipinski definition) is 4. The summed E-state index contributed by atoms with van der Waals surface area (Å²) in [5.74, 6) is -4.18. The third kappa shape index (κ3) is 2.99. The molecule has 22 heavy (non-hydrogen) atoms. The number of ether oxygens (including phenoxy) is 1. The first-order valence-corrected chi connectivity index (χ1v) is 7.27. The van der Waals surface area contributed by atoms with Crippen LogP contribution in [0.5, 0.6) is 5.75 Å². The summed E-state index contributed by atoms with van der Waals surface area (Å²) in [5.41, 5.74) is 0. The Balaban J connectivity index is 2.49. The van der Waals surface area contributed by atoms with Gasteiger partial charge in [0, 0.05) is 6.54 Å². The summed E-state index contributed by atoms with van der Waals surface area (Å²) in [6, 6.07) is 0.689. The van der Waals surface area contributed by atoms with Gasteiger partial charge in [0.15, 0.2) is 10.6 Å². The number of sulfonamides is 1. The zero-order valence-corrected chi connectivity index (χ0v) is 11.5. The lowest BCUT2D eigenvalue weighted by molar-refractivity contribution is -0.275. The van der Waals surface area contributed by atoms with Crippen LogP contribution in [-0.2, 0) is 14.8 Å². The van der Waals surface area contributed by atoms with Gasteiger partial charge >= 0.3 is 12.3 Å². The van der Waals surface area contributed by atoms with E-state index in [9.17, 15) is 30.8 Å². The summed E-state index contributed by atoms with van der Waals surface area (Å²) >= 11 is 0. The monoisotopic (exact) mass is 343 g/mol. The first kappa shape index (κ1) is 16.5. The summed E-state index contributed by atoms with van der Waals surface area (Å²) < 4.78 is 79.1. The van der Waals surface area contributed by atoms with Crippen LogP contribution in [0.2, 0.25) is 0 Å². The fourth-order valence-electron chi connectivity index (χ4n) is 1.96. The number of aliphatic carboxylic acids is 1. The Hall–Kier alpha value is -1.88. The van der Waals surface area contributed by atoms with E-state index in [-0.39, 0.29) is 13.0 Å². The number of hydrogen-bond donors (Lipinski definition) is 1. The van der Waals surface area contributed by atoms with E-state index in [4.69, 9.17) is 5.11 Å². The summed E-state index contributed by atoms with van der Waals surface area (Å²) in [4.78, 5) is 9.52. The predicted molar refractivity (Wildman–Crippen MR) is 63.0 cm³/mol. The van der Waals surface area contributed by atoms with Crippen LogP contribution in [0, 0.1) is 5.82 Å². The van der Waals surface area contributed by atoms with Gasteiger partial charge in [-0.1, -0.05) is 6.07 Å². The van der Waals surface area contributed by atoms with Crippen molar-refractivity contribution in [2.45, 2.75) is 23.7 Å². The third-order valence-electron chi connectivity index (χ3n) is 2.98. The molecule has 1 saturated heterocycles. The second kappa shape index (κ2) is 5.39. The van der Waals surface area contributed by atoms with Crippen LogP contribution in [0.4, 0.5) is 17.6 Å². The van der Waals surface area contributed by atoms with E-state index in [1.807, 2.05) is 0 Å². The van der Waals surface area contributed by atoms with E-state index < -0.39 is 44.9 Å². The van der Waals surface area contributed by atoms with Gasteiger partial charge in [0.05, 0.1) is 0 Å². The number of alkyl halides is 3. The Labute approximate surface area is 122 Å². The lowest BCUT2D eigenvalue weighted by Crippen LogP contribution is -2.55. The number of benzene rings is 1. The molecule has 1 aromatic rings. The van der Waals surface area contributed by atoms with Crippen molar-refractivity contribution >= 4 is 16.0 Å². The highest BCUT2D eigenvalue weighted by atomic mass is 32.2. The topological polar surface area (TPSA) is 83.9 Å². The maximum Gasteiger partial charge on any atom is 0.573 e. The van der Waals surface area contributed by atoms with Gasteiger partial charge in [-0.2, -0.15) is 4.31 Å². The molecule has 1 aliphatic heterocycles. The summed E-state index contributed by atoms with van der Waals surface area (Å²) in [6.45, 7) is -0.237. The molecule has 11 heteroatoms. The Bertz CT molecular complexity index is 703. The minimum Gasteiger partial charge on any atom is -0.480 e. The Morgan fingerprint density at radius 3 is 2.45 bits per heavy atom. The molecule has 2 rings (SSSR count). The Morgan fingerprint density at radius 2 is 2.00 bits per heavy atom. The maximum absolute atomic E-state index is 13.8. The van der Waals surface area contributed by atoms with Crippen LogP contribution in [0.3, 0.4) is 0 Å². The van der Waals surface area contributed by atoms with Crippen molar-refractivity contribution in [2.24, 2.45) is 0 Å². The average molecular weight is 343 g/mol. The van der Waals surface area contributed by atoms with Gasteiger partial charge in [0.1, 0.15) is 11.9 Å². The highest BCUT2D eigenvalue weighted by Crippen LogP contribution is 2.36. The van der Waals surface area contributed by atoms with Crippen molar-refractivity contribution in [1.82, 2.24) is 4.31 Å². The quantitative estimate of drug-likeness (QED) is 0.839. The molecule has 1 heterocycles. The van der Waals surface area contributed by atoms with E-state index in [0.29, 0.717) is 16.4 Å². The van der Waals surface area contributed by atoms with Crippen LogP contribution in [0.1, 0.15) is 6.42 Å². The second-order valence-electron chi connectivity index (χ2n) is 4.37. The van der Waals surface area contributed by atoms with Gasteiger partial charge in [-0.05, 0) is 18.6 Å². The fraction of sp³-hybridized carbons (Fsp3) is 0.364. The summed E-state index contributed by atoms with van der Waals surface area (Å²) in [6.07, 6.45) is -5.24. The third-order valence-corrected chi connectivity index (χ3v) is 4.95. The predicted octanol–water partition coefficient (Wildman–Crippen LogP) is 1.57.